The van der Waals surface area contributed by atoms with Crippen molar-refractivity contribution in [2.75, 3.05) is 0 Å². The van der Waals surface area contributed by atoms with Gasteiger partial charge in [0.2, 0.25) is 7.38 Å². The molecule has 0 saturated carbocycles. The van der Waals surface area contributed by atoms with Crippen molar-refractivity contribution >= 4 is 34.0 Å². The Morgan fingerprint density at radius 2 is 0.694 bits per heavy atom. The predicted octanol–water partition coefficient (Wildman–Crippen LogP) is 8.08. The molecular weight excluding hydrogens is 472 g/mol. The average Bonchev–Trinajstić information content (AvgIpc) is 2.76. The van der Waals surface area contributed by atoms with E-state index < -0.39 is 7.38 Å². The van der Waals surface area contributed by atoms with Crippen molar-refractivity contribution < 1.29 is 0 Å². The van der Waals surface area contributed by atoms with Gasteiger partial charge in [0.1, 0.15) is 0 Å². The first-order chi connectivity index (χ1) is 16.2. The molecule has 36 heavy (non-hydrogen) atoms. The smallest absolute Gasteiger partial charge is 0.149 e. The van der Waals surface area contributed by atoms with Crippen molar-refractivity contribution in [3.8, 4) is 0 Å². The Morgan fingerprint density at radius 3 is 0.944 bits per heavy atom. The van der Waals surface area contributed by atoms with E-state index in [0.29, 0.717) is 0 Å². The lowest BCUT2D eigenvalue weighted by Crippen LogP contribution is -2.63. The lowest BCUT2D eigenvalue weighted by molar-refractivity contribution is 0.569. The summed E-state index contributed by atoms with van der Waals surface area (Å²) in [5.41, 5.74) is 5.52. The summed E-state index contributed by atoms with van der Waals surface area (Å²) in [6, 6.07) is 25.2. The minimum atomic E-state index is -2.85. The van der Waals surface area contributed by atoms with Gasteiger partial charge in [0.05, 0.1) is 0 Å². The molecule has 0 atom stereocenters. The molecule has 194 valence electrons. The number of hydrogen-bond donors (Lipinski definition) is 0. The van der Waals surface area contributed by atoms with Gasteiger partial charge >= 0.3 is 0 Å². The monoisotopic (exact) mass is 518 g/mol. The van der Waals surface area contributed by atoms with Crippen LogP contribution in [0.2, 0.25) is 0 Å². The fourth-order valence-corrected chi connectivity index (χ4v) is 8.65. The van der Waals surface area contributed by atoms with E-state index in [9.17, 15) is 0 Å². The van der Waals surface area contributed by atoms with Crippen LogP contribution in [0.3, 0.4) is 0 Å². The molecule has 3 aromatic rings. The molecule has 0 bridgehead atoms. The number of benzene rings is 3. The highest BCUT2D eigenvalue weighted by molar-refractivity contribution is 7.40. The highest BCUT2D eigenvalue weighted by Gasteiger charge is 2.41. The first kappa shape index (κ1) is 28.7. The zero-order chi connectivity index (χ0) is 27.3. The largest absolute Gasteiger partial charge is 0.247 e. The zero-order valence-electron chi connectivity index (χ0n) is 24.7. The van der Waals surface area contributed by atoms with Crippen molar-refractivity contribution in [2.45, 2.75) is 105 Å². The van der Waals surface area contributed by atoms with E-state index in [4.69, 9.17) is 11.1 Å². The van der Waals surface area contributed by atoms with Gasteiger partial charge in [-0.2, -0.15) is 0 Å². The summed E-state index contributed by atoms with van der Waals surface area (Å²) in [6.45, 7) is 27.6. The SMILES string of the molecule is CC(C)(C)c1cc(C(C)(C)C)cc([Si](Cl)(c2ccccc2)c2cc(C(C)(C)C)cc(C(C)(C)C)c2)c1. The quantitative estimate of drug-likeness (QED) is 0.187. The normalized spacial score (nSPS) is 13.7. The summed E-state index contributed by atoms with van der Waals surface area (Å²) < 4.78 is 0. The predicted molar refractivity (Wildman–Crippen MR) is 165 cm³/mol. The fourth-order valence-electron chi connectivity index (χ4n) is 4.55. The van der Waals surface area contributed by atoms with Crippen molar-refractivity contribution in [1.29, 1.82) is 0 Å². The van der Waals surface area contributed by atoms with Crippen molar-refractivity contribution in [2.24, 2.45) is 0 Å². The van der Waals surface area contributed by atoms with E-state index in [2.05, 4.69) is 150 Å². The van der Waals surface area contributed by atoms with Gasteiger partial charge in [0.15, 0.2) is 0 Å². The minimum Gasteiger partial charge on any atom is -0.149 e. The maximum Gasteiger partial charge on any atom is 0.247 e. The topological polar surface area (TPSA) is 0 Å². The Kier molecular flexibility index (Phi) is 7.57. The molecule has 0 radical (unpaired) electrons. The molecule has 3 aromatic carbocycles. The number of hydrogen-bond acceptors (Lipinski definition) is 0. The van der Waals surface area contributed by atoms with E-state index in [1.54, 1.807) is 0 Å². The zero-order valence-corrected chi connectivity index (χ0v) is 26.5. The van der Waals surface area contributed by atoms with E-state index in [0.717, 1.165) is 0 Å². The van der Waals surface area contributed by atoms with E-state index in [1.807, 2.05) is 0 Å². The Labute approximate surface area is 227 Å². The van der Waals surface area contributed by atoms with Crippen LogP contribution in [0, 0.1) is 0 Å². The lowest BCUT2D eigenvalue weighted by Gasteiger charge is -2.34. The first-order valence-electron chi connectivity index (χ1n) is 13.3. The van der Waals surface area contributed by atoms with Gasteiger partial charge in [0, 0.05) is 0 Å². The third-order valence-corrected chi connectivity index (χ3v) is 12.6. The van der Waals surface area contributed by atoms with E-state index in [-0.39, 0.29) is 21.7 Å². The molecule has 2 heteroatoms. The summed E-state index contributed by atoms with van der Waals surface area (Å²) in [4.78, 5) is 0. The second-order valence-electron chi connectivity index (χ2n) is 14.6. The molecule has 0 aliphatic carbocycles. The molecule has 0 fully saturated rings. The Bertz CT molecular complexity index is 1070. The highest BCUT2D eigenvalue weighted by atomic mass is 35.6. The maximum atomic E-state index is 8.14. The van der Waals surface area contributed by atoms with Crippen LogP contribution in [-0.4, -0.2) is 7.38 Å². The lowest BCUT2D eigenvalue weighted by atomic mass is 9.81. The van der Waals surface area contributed by atoms with Gasteiger partial charge in [-0.3, -0.25) is 0 Å². The summed E-state index contributed by atoms with van der Waals surface area (Å²) in [5, 5.41) is 3.79. The molecule has 0 saturated heterocycles. The Balaban J connectivity index is 2.49. The van der Waals surface area contributed by atoms with Crippen LogP contribution in [0.1, 0.15) is 105 Å². The molecule has 0 aliphatic rings. The highest BCUT2D eigenvalue weighted by Crippen LogP contribution is 2.32. The molecule has 0 aliphatic heterocycles. The number of rotatable bonds is 3. The number of halogens is 1. The molecular formula is C34H47ClSi. The van der Waals surface area contributed by atoms with Crippen LogP contribution < -0.4 is 15.6 Å². The standard InChI is InChI=1S/C34H47ClSi/c1-31(2,3)24-18-25(32(4,5)6)21-29(20-24)36(35,28-16-14-13-15-17-28)30-22-26(33(7,8)9)19-27(23-30)34(10,11)12/h13-23H,1-12H3. The molecule has 0 unspecified atom stereocenters. The first-order valence-corrected chi connectivity index (χ1v) is 16.3. The summed E-state index contributed by atoms with van der Waals surface area (Å²) in [6.07, 6.45) is 0. The second kappa shape index (κ2) is 9.48. The molecule has 0 aromatic heterocycles. The van der Waals surface area contributed by atoms with Crippen LogP contribution in [0.4, 0.5) is 0 Å². The van der Waals surface area contributed by atoms with E-state index in [1.165, 1.54) is 37.8 Å². The van der Waals surface area contributed by atoms with Crippen molar-refractivity contribution in [1.82, 2.24) is 0 Å². The average molecular weight is 519 g/mol. The van der Waals surface area contributed by atoms with E-state index >= 15 is 0 Å². The summed E-state index contributed by atoms with van der Waals surface area (Å²) >= 11 is 8.14. The third-order valence-electron chi connectivity index (χ3n) is 7.30. The van der Waals surface area contributed by atoms with Crippen LogP contribution >= 0.6 is 11.1 Å². The van der Waals surface area contributed by atoms with Gasteiger partial charge in [-0.25, -0.2) is 0 Å². The second-order valence-corrected chi connectivity index (χ2v) is 19.4. The van der Waals surface area contributed by atoms with Gasteiger partial charge < -0.3 is 0 Å². The third kappa shape index (κ3) is 6.00. The van der Waals surface area contributed by atoms with Crippen LogP contribution in [-0.2, 0) is 21.7 Å². The summed E-state index contributed by atoms with van der Waals surface area (Å²) in [7, 11) is -2.85. The van der Waals surface area contributed by atoms with Crippen LogP contribution in [0.25, 0.3) is 0 Å². The van der Waals surface area contributed by atoms with Crippen LogP contribution in [0.15, 0.2) is 66.7 Å². The Hall–Kier alpha value is -1.83. The van der Waals surface area contributed by atoms with Crippen LogP contribution in [0.5, 0.6) is 0 Å². The Morgan fingerprint density at radius 1 is 0.417 bits per heavy atom. The van der Waals surface area contributed by atoms with Crippen molar-refractivity contribution in [3.05, 3.63) is 89.0 Å². The molecule has 3 rings (SSSR count). The van der Waals surface area contributed by atoms with Gasteiger partial charge in [-0.05, 0) is 59.5 Å². The van der Waals surface area contributed by atoms with Gasteiger partial charge in [-0.1, -0.05) is 150 Å². The molecule has 0 nitrogen and oxygen atoms in total. The van der Waals surface area contributed by atoms with Gasteiger partial charge in [0.25, 0.3) is 0 Å². The maximum absolute atomic E-state index is 8.14. The minimum absolute atomic E-state index is 0.0305. The fraction of sp³-hybridized carbons (Fsp3) is 0.471. The molecule has 0 spiro atoms. The molecule has 0 N–H and O–H groups in total. The van der Waals surface area contributed by atoms with Gasteiger partial charge in [-0.15, -0.1) is 11.1 Å². The molecule has 0 amide bonds. The van der Waals surface area contributed by atoms with Crippen molar-refractivity contribution in [3.63, 3.8) is 0 Å². The molecule has 0 heterocycles. The summed E-state index contributed by atoms with van der Waals surface area (Å²) in [5.74, 6) is 0.